The lowest BCUT2D eigenvalue weighted by molar-refractivity contribution is -0.124. The van der Waals surface area contributed by atoms with Crippen molar-refractivity contribution in [1.82, 2.24) is 0 Å². The lowest BCUT2D eigenvalue weighted by atomic mass is 10.1. The van der Waals surface area contributed by atoms with E-state index < -0.39 is 6.10 Å². The van der Waals surface area contributed by atoms with Gasteiger partial charge >= 0.3 is 0 Å². The molecule has 1 aliphatic rings. The molecule has 0 aromatic heterocycles. The molecule has 0 spiro atoms. The Labute approximate surface area is 181 Å². The van der Waals surface area contributed by atoms with E-state index in [4.69, 9.17) is 9.47 Å². The van der Waals surface area contributed by atoms with Gasteiger partial charge in [-0.1, -0.05) is 48.5 Å². The summed E-state index contributed by atoms with van der Waals surface area (Å²) in [7, 11) is 0. The van der Waals surface area contributed by atoms with Crippen LogP contribution in [0.5, 0.6) is 5.75 Å². The molecule has 31 heavy (non-hydrogen) atoms. The van der Waals surface area contributed by atoms with Crippen LogP contribution in [-0.4, -0.2) is 24.5 Å². The number of hydrogen-bond acceptors (Lipinski definition) is 4. The molecule has 1 heterocycles. The lowest BCUT2D eigenvalue weighted by Gasteiger charge is -2.19. The maximum absolute atomic E-state index is 13.0. The van der Waals surface area contributed by atoms with Crippen LogP contribution in [-0.2, 0) is 14.3 Å². The van der Waals surface area contributed by atoms with Crippen LogP contribution in [0.3, 0.4) is 0 Å². The molecular formula is C25H24N2O4. The molecule has 2 unspecified atom stereocenters. The number of amides is 2. The van der Waals surface area contributed by atoms with Crippen molar-refractivity contribution in [1.29, 1.82) is 0 Å². The van der Waals surface area contributed by atoms with E-state index in [-0.39, 0.29) is 17.9 Å². The van der Waals surface area contributed by atoms with Crippen LogP contribution in [0.4, 0.5) is 11.4 Å². The van der Waals surface area contributed by atoms with Crippen molar-refractivity contribution in [3.8, 4) is 5.75 Å². The first-order valence-electron chi connectivity index (χ1n) is 10.3. The number of carbonyl (C=O) groups excluding carboxylic acids is 2. The van der Waals surface area contributed by atoms with Gasteiger partial charge in [-0.2, -0.15) is 0 Å². The molecule has 6 heteroatoms. The topological polar surface area (TPSA) is 76.7 Å². The minimum Gasteiger partial charge on any atom is -0.476 e. The molecule has 3 aromatic carbocycles. The van der Waals surface area contributed by atoms with Gasteiger partial charge < -0.3 is 20.1 Å². The SMILES string of the molecule is O=C(Nc1ccc(NC(=O)C(Oc2ccccc2)c2ccccc2)cc1)C1CCCO1. The highest BCUT2D eigenvalue weighted by Gasteiger charge is 2.24. The van der Waals surface area contributed by atoms with Crippen LogP contribution in [0, 0.1) is 0 Å². The molecule has 3 aromatic rings. The van der Waals surface area contributed by atoms with Gasteiger partial charge in [-0.3, -0.25) is 9.59 Å². The van der Waals surface area contributed by atoms with E-state index in [9.17, 15) is 9.59 Å². The molecule has 0 radical (unpaired) electrons. The van der Waals surface area contributed by atoms with Crippen LogP contribution in [0.1, 0.15) is 24.5 Å². The third kappa shape index (κ3) is 5.49. The van der Waals surface area contributed by atoms with Crippen molar-refractivity contribution in [3.05, 3.63) is 90.5 Å². The zero-order valence-corrected chi connectivity index (χ0v) is 17.0. The fourth-order valence-corrected chi connectivity index (χ4v) is 3.39. The maximum atomic E-state index is 13.0. The van der Waals surface area contributed by atoms with E-state index in [0.717, 1.165) is 18.4 Å². The number of nitrogens with one attached hydrogen (secondary N) is 2. The van der Waals surface area contributed by atoms with Crippen LogP contribution in [0.15, 0.2) is 84.9 Å². The van der Waals surface area contributed by atoms with Crippen molar-refractivity contribution in [2.24, 2.45) is 0 Å². The van der Waals surface area contributed by atoms with Crippen molar-refractivity contribution < 1.29 is 19.1 Å². The fraction of sp³-hybridized carbons (Fsp3) is 0.200. The highest BCUT2D eigenvalue weighted by Crippen LogP contribution is 2.24. The van der Waals surface area contributed by atoms with Gasteiger partial charge in [-0.25, -0.2) is 0 Å². The van der Waals surface area contributed by atoms with E-state index in [1.165, 1.54) is 0 Å². The molecule has 2 amide bonds. The lowest BCUT2D eigenvalue weighted by Crippen LogP contribution is -2.27. The van der Waals surface area contributed by atoms with Gasteiger partial charge in [-0.05, 0) is 49.2 Å². The van der Waals surface area contributed by atoms with E-state index in [0.29, 0.717) is 23.7 Å². The number of hydrogen-bond donors (Lipinski definition) is 2. The summed E-state index contributed by atoms with van der Waals surface area (Å²) in [6, 6.07) is 25.6. The number of benzene rings is 3. The first-order valence-corrected chi connectivity index (χ1v) is 10.3. The molecule has 1 fully saturated rings. The zero-order chi connectivity index (χ0) is 21.5. The van der Waals surface area contributed by atoms with E-state index >= 15 is 0 Å². The molecule has 2 N–H and O–H groups in total. The van der Waals surface area contributed by atoms with Crippen LogP contribution >= 0.6 is 0 Å². The number of ether oxygens (including phenoxy) is 2. The summed E-state index contributed by atoms with van der Waals surface area (Å²) in [4.78, 5) is 25.2. The number of carbonyl (C=O) groups is 2. The second-order valence-corrected chi connectivity index (χ2v) is 7.28. The van der Waals surface area contributed by atoms with Gasteiger partial charge in [0.25, 0.3) is 11.8 Å². The number of anilines is 2. The standard InChI is InChI=1S/C25H24N2O4/c28-24(22-12-7-17-30-22)26-19-13-15-20(16-14-19)27-25(29)23(18-8-3-1-4-9-18)31-21-10-5-2-6-11-21/h1-6,8-11,13-16,22-23H,7,12,17H2,(H,26,28)(H,27,29). The Morgan fingerprint density at radius 3 is 2.06 bits per heavy atom. The molecule has 6 nitrogen and oxygen atoms in total. The minimum absolute atomic E-state index is 0.144. The first-order chi connectivity index (χ1) is 15.2. The summed E-state index contributed by atoms with van der Waals surface area (Å²) in [5.74, 6) is 0.180. The molecule has 0 saturated carbocycles. The summed E-state index contributed by atoms with van der Waals surface area (Å²) >= 11 is 0. The second kappa shape index (κ2) is 9.91. The van der Waals surface area contributed by atoms with Crippen LogP contribution < -0.4 is 15.4 Å². The Balaban J connectivity index is 1.43. The van der Waals surface area contributed by atoms with Gasteiger partial charge in [0.15, 0.2) is 0 Å². The van der Waals surface area contributed by atoms with E-state index in [2.05, 4.69) is 10.6 Å². The third-order valence-corrected chi connectivity index (χ3v) is 4.98. The fourth-order valence-electron chi connectivity index (χ4n) is 3.39. The quantitative estimate of drug-likeness (QED) is 0.592. The van der Waals surface area contributed by atoms with Crippen molar-refractivity contribution in [2.45, 2.75) is 25.0 Å². The van der Waals surface area contributed by atoms with Gasteiger partial charge in [0.05, 0.1) is 0 Å². The molecule has 0 aliphatic carbocycles. The third-order valence-electron chi connectivity index (χ3n) is 4.98. The summed E-state index contributed by atoms with van der Waals surface area (Å²) < 4.78 is 11.4. The Morgan fingerprint density at radius 1 is 0.839 bits per heavy atom. The van der Waals surface area contributed by atoms with Crippen LogP contribution in [0.2, 0.25) is 0 Å². The second-order valence-electron chi connectivity index (χ2n) is 7.28. The van der Waals surface area contributed by atoms with Gasteiger partial charge in [0.2, 0.25) is 6.10 Å². The summed E-state index contributed by atoms with van der Waals surface area (Å²) in [5, 5.41) is 5.74. The largest absolute Gasteiger partial charge is 0.476 e. The van der Waals surface area contributed by atoms with Crippen molar-refractivity contribution in [3.63, 3.8) is 0 Å². The van der Waals surface area contributed by atoms with Gasteiger partial charge in [0.1, 0.15) is 11.9 Å². The van der Waals surface area contributed by atoms with Crippen molar-refractivity contribution >= 4 is 23.2 Å². The highest BCUT2D eigenvalue weighted by atomic mass is 16.5. The molecule has 2 atom stereocenters. The average molecular weight is 416 g/mol. The Kier molecular flexibility index (Phi) is 6.59. The van der Waals surface area contributed by atoms with Crippen molar-refractivity contribution in [2.75, 3.05) is 17.2 Å². The number of para-hydroxylation sites is 1. The number of rotatable bonds is 7. The summed E-state index contributed by atoms with van der Waals surface area (Å²) in [6.45, 7) is 0.622. The summed E-state index contributed by atoms with van der Waals surface area (Å²) in [6.07, 6.45) is 0.447. The zero-order valence-electron chi connectivity index (χ0n) is 17.0. The first kappa shape index (κ1) is 20.6. The normalized spacial score (nSPS) is 16.3. The molecule has 1 aliphatic heterocycles. The smallest absolute Gasteiger partial charge is 0.270 e. The molecule has 4 rings (SSSR count). The molecule has 158 valence electrons. The molecular weight excluding hydrogens is 392 g/mol. The van der Waals surface area contributed by atoms with Gasteiger partial charge in [0, 0.05) is 23.5 Å². The molecule has 1 saturated heterocycles. The van der Waals surface area contributed by atoms with Gasteiger partial charge in [-0.15, -0.1) is 0 Å². The van der Waals surface area contributed by atoms with E-state index in [1.807, 2.05) is 60.7 Å². The van der Waals surface area contributed by atoms with Crippen LogP contribution in [0.25, 0.3) is 0 Å². The van der Waals surface area contributed by atoms with E-state index in [1.54, 1.807) is 24.3 Å². The average Bonchev–Trinajstić information content (AvgIpc) is 3.35. The Morgan fingerprint density at radius 2 is 1.45 bits per heavy atom. The predicted molar refractivity (Wildman–Crippen MR) is 119 cm³/mol. The minimum atomic E-state index is -0.803. The Hall–Kier alpha value is -3.64. The predicted octanol–water partition coefficient (Wildman–Crippen LogP) is 4.56. The monoisotopic (exact) mass is 416 g/mol. The summed E-state index contributed by atoms with van der Waals surface area (Å²) in [5.41, 5.74) is 2.01. The molecule has 0 bridgehead atoms. The Bertz CT molecular complexity index is 1000. The highest BCUT2D eigenvalue weighted by molar-refractivity contribution is 5.96. The maximum Gasteiger partial charge on any atom is 0.270 e.